The number of carbonyl (C=O) groups excluding carboxylic acids is 1. The molecular weight excluding hydrogens is 236 g/mol. The van der Waals surface area contributed by atoms with Crippen molar-refractivity contribution >= 4 is 21.9 Å². The molecule has 1 atom stereocenters. The first-order valence-corrected chi connectivity index (χ1v) is 5.48. The Morgan fingerprint density at radius 3 is 2.62 bits per heavy atom. The summed E-state index contributed by atoms with van der Waals surface area (Å²) in [4.78, 5) is 10.7. The molecule has 0 fully saturated rings. The van der Waals surface area contributed by atoms with E-state index in [0.717, 1.165) is 19.4 Å². The summed E-state index contributed by atoms with van der Waals surface area (Å²) in [5.41, 5.74) is 0. The molecule has 0 aromatic carbocycles. The second-order valence-electron chi connectivity index (χ2n) is 2.75. The van der Waals surface area contributed by atoms with Crippen LogP contribution in [0.5, 0.6) is 0 Å². The van der Waals surface area contributed by atoms with Gasteiger partial charge in [0.15, 0.2) is 0 Å². The molecule has 3 nitrogen and oxygen atoms in total. The van der Waals surface area contributed by atoms with Gasteiger partial charge in [0, 0.05) is 6.61 Å². The van der Waals surface area contributed by atoms with Gasteiger partial charge in [-0.25, -0.2) is 0 Å². The van der Waals surface area contributed by atoms with Gasteiger partial charge in [-0.2, -0.15) is 0 Å². The minimum Gasteiger partial charge on any atom is -0.462 e. The molecule has 0 rings (SSSR count). The van der Waals surface area contributed by atoms with Gasteiger partial charge >= 0.3 is 5.97 Å². The quantitative estimate of drug-likeness (QED) is 0.396. The van der Waals surface area contributed by atoms with Crippen LogP contribution in [-0.4, -0.2) is 30.6 Å². The first kappa shape index (κ1) is 12.9. The number of hydrogen-bond donors (Lipinski definition) is 0. The zero-order chi connectivity index (χ0) is 10.1. The van der Waals surface area contributed by atoms with Crippen LogP contribution in [0.1, 0.15) is 26.7 Å². The van der Waals surface area contributed by atoms with Crippen LogP contribution in [0, 0.1) is 0 Å². The van der Waals surface area contributed by atoms with Crippen LogP contribution < -0.4 is 0 Å². The molecule has 4 heteroatoms. The van der Waals surface area contributed by atoms with Crippen LogP contribution in [0.3, 0.4) is 0 Å². The minimum absolute atomic E-state index is 0.233. The predicted octanol–water partition coefficient (Wildman–Crippen LogP) is 2.13. The number of hydrogen-bond acceptors (Lipinski definition) is 3. The Morgan fingerprint density at radius 1 is 1.38 bits per heavy atom. The third kappa shape index (κ3) is 8.25. The fourth-order valence-corrected chi connectivity index (χ4v) is 0.797. The highest BCUT2D eigenvalue weighted by Gasteiger charge is 2.08. The lowest BCUT2D eigenvalue weighted by molar-refractivity contribution is -0.144. The van der Waals surface area contributed by atoms with E-state index in [2.05, 4.69) is 22.9 Å². The van der Waals surface area contributed by atoms with E-state index in [1.54, 1.807) is 6.92 Å². The summed E-state index contributed by atoms with van der Waals surface area (Å²) in [6, 6.07) is 0. The largest absolute Gasteiger partial charge is 0.462 e. The van der Waals surface area contributed by atoms with Crippen molar-refractivity contribution in [3.05, 3.63) is 0 Å². The number of unbranched alkanes of at least 4 members (excludes halogenated alkanes) is 1. The van der Waals surface area contributed by atoms with Crippen molar-refractivity contribution in [2.75, 3.05) is 19.8 Å². The van der Waals surface area contributed by atoms with Crippen LogP contribution >= 0.6 is 15.9 Å². The van der Waals surface area contributed by atoms with Gasteiger partial charge in [0.25, 0.3) is 0 Å². The maximum atomic E-state index is 10.9. The molecule has 0 heterocycles. The third-order valence-corrected chi connectivity index (χ3v) is 1.81. The number of rotatable bonds is 7. The molecule has 0 N–H and O–H groups in total. The van der Waals surface area contributed by atoms with Crippen LogP contribution in [0.4, 0.5) is 0 Å². The van der Waals surface area contributed by atoms with Gasteiger partial charge in [-0.1, -0.05) is 29.3 Å². The summed E-state index contributed by atoms with van der Waals surface area (Å²) >= 11 is 3.12. The van der Waals surface area contributed by atoms with Gasteiger partial charge in [0.1, 0.15) is 11.4 Å². The highest BCUT2D eigenvalue weighted by molar-refractivity contribution is 9.10. The molecule has 0 spiro atoms. The maximum absolute atomic E-state index is 10.9. The van der Waals surface area contributed by atoms with Crippen molar-refractivity contribution in [3.63, 3.8) is 0 Å². The van der Waals surface area contributed by atoms with Crippen LogP contribution in [-0.2, 0) is 14.3 Å². The van der Waals surface area contributed by atoms with Gasteiger partial charge < -0.3 is 9.47 Å². The fourth-order valence-electron chi connectivity index (χ4n) is 0.664. The standard InChI is InChI=1S/C9H17BrO3/c1-3-4-5-12-6-7-13-9(11)8(2)10/h8H,3-7H2,1-2H3. The Bertz CT molecular complexity index is 137. The molecule has 0 bridgehead atoms. The number of esters is 1. The van der Waals surface area contributed by atoms with Crippen molar-refractivity contribution in [1.82, 2.24) is 0 Å². The monoisotopic (exact) mass is 252 g/mol. The molecule has 0 saturated carbocycles. The van der Waals surface area contributed by atoms with Crippen molar-refractivity contribution < 1.29 is 14.3 Å². The lowest BCUT2D eigenvalue weighted by atomic mass is 10.4. The first-order chi connectivity index (χ1) is 6.18. The molecule has 0 aliphatic carbocycles. The molecule has 0 saturated heterocycles. The molecular formula is C9H17BrO3. The predicted molar refractivity (Wildman–Crippen MR) is 55.1 cm³/mol. The van der Waals surface area contributed by atoms with Gasteiger partial charge in [-0.15, -0.1) is 0 Å². The fraction of sp³-hybridized carbons (Fsp3) is 0.889. The molecule has 0 aliphatic rings. The molecule has 0 aromatic heterocycles. The van der Waals surface area contributed by atoms with E-state index in [9.17, 15) is 4.79 Å². The average molecular weight is 253 g/mol. The second kappa shape index (κ2) is 8.51. The number of carbonyl (C=O) groups is 1. The highest BCUT2D eigenvalue weighted by atomic mass is 79.9. The van der Waals surface area contributed by atoms with E-state index in [1.807, 2.05) is 0 Å². The Kier molecular flexibility index (Phi) is 8.45. The number of ether oxygens (including phenoxy) is 2. The average Bonchev–Trinajstić information content (AvgIpc) is 2.10. The van der Waals surface area contributed by atoms with Gasteiger partial charge in [-0.3, -0.25) is 4.79 Å². The first-order valence-electron chi connectivity index (χ1n) is 4.57. The van der Waals surface area contributed by atoms with Crippen molar-refractivity contribution in [1.29, 1.82) is 0 Å². The SMILES string of the molecule is CCCCOCCOC(=O)C(C)Br. The van der Waals surface area contributed by atoms with Crippen molar-refractivity contribution in [2.45, 2.75) is 31.5 Å². The second-order valence-corrected chi connectivity index (χ2v) is 4.12. The van der Waals surface area contributed by atoms with E-state index in [0.29, 0.717) is 13.2 Å². The van der Waals surface area contributed by atoms with E-state index < -0.39 is 0 Å². The molecule has 1 unspecified atom stereocenters. The van der Waals surface area contributed by atoms with E-state index in [-0.39, 0.29) is 10.8 Å². The van der Waals surface area contributed by atoms with Gasteiger partial charge in [0.05, 0.1) is 6.61 Å². The molecule has 0 aromatic rings. The van der Waals surface area contributed by atoms with Crippen LogP contribution in [0.25, 0.3) is 0 Å². The molecule has 78 valence electrons. The summed E-state index contributed by atoms with van der Waals surface area (Å²) in [7, 11) is 0. The number of halogens is 1. The molecule has 0 aliphatic heterocycles. The lowest BCUT2D eigenvalue weighted by Crippen LogP contribution is -2.17. The van der Waals surface area contributed by atoms with Gasteiger partial charge in [0.2, 0.25) is 0 Å². The zero-order valence-corrected chi connectivity index (χ0v) is 9.80. The summed E-state index contributed by atoms with van der Waals surface area (Å²) in [6.45, 7) is 5.43. The lowest BCUT2D eigenvalue weighted by Gasteiger charge is -2.06. The Balaban J connectivity index is 3.12. The minimum atomic E-state index is -0.237. The summed E-state index contributed by atoms with van der Waals surface area (Å²) in [6.07, 6.45) is 2.18. The van der Waals surface area contributed by atoms with Crippen LogP contribution in [0.15, 0.2) is 0 Å². The Labute approximate surface area is 87.9 Å². The van der Waals surface area contributed by atoms with Crippen molar-refractivity contribution in [2.24, 2.45) is 0 Å². The van der Waals surface area contributed by atoms with Crippen LogP contribution in [0.2, 0.25) is 0 Å². The molecule has 0 radical (unpaired) electrons. The Hall–Kier alpha value is -0.0900. The summed E-state index contributed by atoms with van der Waals surface area (Å²) in [5, 5.41) is 0. The topological polar surface area (TPSA) is 35.5 Å². The normalized spacial score (nSPS) is 12.5. The van der Waals surface area contributed by atoms with E-state index in [1.165, 1.54) is 0 Å². The van der Waals surface area contributed by atoms with E-state index >= 15 is 0 Å². The Morgan fingerprint density at radius 2 is 2.08 bits per heavy atom. The molecule has 13 heavy (non-hydrogen) atoms. The smallest absolute Gasteiger partial charge is 0.319 e. The van der Waals surface area contributed by atoms with E-state index in [4.69, 9.17) is 9.47 Å². The maximum Gasteiger partial charge on any atom is 0.319 e. The zero-order valence-electron chi connectivity index (χ0n) is 8.22. The van der Waals surface area contributed by atoms with Crippen molar-refractivity contribution in [3.8, 4) is 0 Å². The summed E-state index contributed by atoms with van der Waals surface area (Å²) < 4.78 is 10.1. The van der Waals surface area contributed by atoms with Gasteiger partial charge in [-0.05, 0) is 13.3 Å². The summed E-state index contributed by atoms with van der Waals surface area (Å²) in [5.74, 6) is -0.237. The number of alkyl halides is 1. The highest BCUT2D eigenvalue weighted by Crippen LogP contribution is 1.99. The molecule has 0 amide bonds. The third-order valence-electron chi connectivity index (χ3n) is 1.44.